The molecule has 0 aliphatic carbocycles. The molecule has 148 valence electrons. The van der Waals surface area contributed by atoms with Gasteiger partial charge in [-0.2, -0.15) is 0 Å². The lowest BCUT2D eigenvalue weighted by Crippen LogP contribution is -2.30. The molecular formula is C20H28NO5P. The first-order valence-corrected chi connectivity index (χ1v) is 11.0. The molecule has 0 aromatic heterocycles. The summed E-state index contributed by atoms with van der Waals surface area (Å²) in [5.41, 5.74) is 1.01. The Hall–Kier alpha value is -1.72. The largest absolute Gasteiger partial charge is 0.330 e. The average Bonchev–Trinajstić information content (AvgIpc) is 2.64. The van der Waals surface area contributed by atoms with Gasteiger partial charge < -0.3 is 9.05 Å². The fourth-order valence-corrected chi connectivity index (χ4v) is 4.49. The number of carbonyl (C=O) groups is 1. The second kappa shape index (κ2) is 10.6. The summed E-state index contributed by atoms with van der Waals surface area (Å²) in [5, 5.41) is 3.53. The molecule has 1 amide bonds. The predicted octanol–water partition coefficient (Wildman–Crippen LogP) is 4.78. The number of fused-ring (bicyclic) bond motifs is 1. The van der Waals surface area contributed by atoms with Gasteiger partial charge in [-0.15, -0.1) is 0 Å². The van der Waals surface area contributed by atoms with Gasteiger partial charge in [-0.05, 0) is 36.6 Å². The minimum absolute atomic E-state index is 0.196. The number of nitrogens with zero attached hydrogens (tertiary/aromatic N) is 1. The summed E-state index contributed by atoms with van der Waals surface area (Å²) in [5.74, 6) is -0.196. The standard InChI is InChI=1S/C20H28NO5P/c1-4-25-27(23,26-5-2)15-9-14-21(17(3)22)24-16-19-12-8-11-18-10-6-7-13-20(18)19/h6-8,10-13H,4-5,9,14-16H2,1-3H3. The molecule has 0 aliphatic heterocycles. The van der Waals surface area contributed by atoms with Crippen molar-refractivity contribution in [1.82, 2.24) is 5.06 Å². The van der Waals surface area contributed by atoms with Gasteiger partial charge in [0.05, 0.1) is 19.4 Å². The molecule has 0 radical (unpaired) electrons. The number of hydrogen-bond donors (Lipinski definition) is 0. The molecule has 0 spiro atoms. The number of amides is 1. The molecule has 0 heterocycles. The molecule has 0 fully saturated rings. The molecule has 0 aliphatic rings. The topological polar surface area (TPSA) is 65.1 Å². The lowest BCUT2D eigenvalue weighted by molar-refractivity contribution is -0.189. The lowest BCUT2D eigenvalue weighted by Gasteiger charge is -2.22. The molecule has 2 aromatic carbocycles. The van der Waals surface area contributed by atoms with E-state index in [1.54, 1.807) is 13.8 Å². The van der Waals surface area contributed by atoms with Gasteiger partial charge >= 0.3 is 7.60 Å². The Morgan fingerprint density at radius 1 is 1.04 bits per heavy atom. The Morgan fingerprint density at radius 2 is 1.70 bits per heavy atom. The fourth-order valence-electron chi connectivity index (χ4n) is 2.85. The highest BCUT2D eigenvalue weighted by Gasteiger charge is 2.23. The summed E-state index contributed by atoms with van der Waals surface area (Å²) in [7, 11) is -3.11. The van der Waals surface area contributed by atoms with Gasteiger partial charge in [0.25, 0.3) is 0 Å². The Morgan fingerprint density at radius 3 is 2.37 bits per heavy atom. The van der Waals surface area contributed by atoms with E-state index >= 15 is 0 Å². The lowest BCUT2D eigenvalue weighted by atomic mass is 10.1. The molecule has 0 bridgehead atoms. The van der Waals surface area contributed by atoms with Crippen LogP contribution in [0.25, 0.3) is 10.8 Å². The summed E-state index contributed by atoms with van der Waals surface area (Å²) in [6, 6.07) is 14.0. The molecule has 2 aromatic rings. The summed E-state index contributed by atoms with van der Waals surface area (Å²) in [6.45, 7) is 6.27. The first-order chi connectivity index (χ1) is 13.0. The van der Waals surface area contributed by atoms with Crippen molar-refractivity contribution in [1.29, 1.82) is 0 Å². The maximum absolute atomic E-state index is 12.5. The minimum atomic E-state index is -3.11. The van der Waals surface area contributed by atoms with Gasteiger partial charge in [-0.3, -0.25) is 14.2 Å². The third-order valence-corrected chi connectivity index (χ3v) is 6.22. The molecule has 0 saturated carbocycles. The Labute approximate surface area is 160 Å². The minimum Gasteiger partial charge on any atom is -0.309 e. The van der Waals surface area contributed by atoms with Crippen LogP contribution >= 0.6 is 7.60 Å². The molecule has 27 heavy (non-hydrogen) atoms. The van der Waals surface area contributed by atoms with Gasteiger partial charge in [-0.1, -0.05) is 42.5 Å². The highest BCUT2D eigenvalue weighted by atomic mass is 31.2. The summed E-state index contributed by atoms with van der Waals surface area (Å²) in [4.78, 5) is 17.6. The van der Waals surface area contributed by atoms with Crippen molar-refractivity contribution in [2.45, 2.75) is 33.8 Å². The molecular weight excluding hydrogens is 365 g/mol. The number of hydrogen-bond acceptors (Lipinski definition) is 5. The fraction of sp³-hybridized carbons (Fsp3) is 0.450. The van der Waals surface area contributed by atoms with Crippen LogP contribution in [-0.4, -0.2) is 36.9 Å². The zero-order chi connectivity index (χ0) is 19.7. The normalized spacial score (nSPS) is 11.7. The quantitative estimate of drug-likeness (QED) is 0.406. The van der Waals surface area contributed by atoms with Crippen LogP contribution in [0.5, 0.6) is 0 Å². The van der Waals surface area contributed by atoms with E-state index < -0.39 is 7.60 Å². The predicted molar refractivity (Wildman–Crippen MR) is 106 cm³/mol. The van der Waals surface area contributed by atoms with E-state index in [9.17, 15) is 9.36 Å². The summed E-state index contributed by atoms with van der Waals surface area (Å²) in [6.07, 6.45) is 0.711. The van der Waals surface area contributed by atoms with Gasteiger partial charge in [0.15, 0.2) is 0 Å². The Balaban J connectivity index is 1.95. The molecule has 6 nitrogen and oxygen atoms in total. The van der Waals surface area contributed by atoms with Crippen LogP contribution in [0.1, 0.15) is 32.8 Å². The van der Waals surface area contributed by atoms with Gasteiger partial charge in [-0.25, -0.2) is 5.06 Å². The van der Waals surface area contributed by atoms with Crippen LogP contribution in [0, 0.1) is 0 Å². The van der Waals surface area contributed by atoms with E-state index in [4.69, 9.17) is 13.9 Å². The molecule has 2 rings (SSSR count). The van der Waals surface area contributed by atoms with E-state index in [1.807, 2.05) is 42.5 Å². The van der Waals surface area contributed by atoms with Gasteiger partial charge in [0.2, 0.25) is 5.91 Å². The van der Waals surface area contributed by atoms with E-state index in [1.165, 1.54) is 12.0 Å². The first-order valence-electron chi connectivity index (χ1n) is 9.25. The summed E-state index contributed by atoms with van der Waals surface area (Å²) >= 11 is 0. The van der Waals surface area contributed by atoms with Gasteiger partial charge in [0.1, 0.15) is 6.61 Å². The highest BCUT2D eigenvalue weighted by Crippen LogP contribution is 2.48. The second-order valence-electron chi connectivity index (χ2n) is 6.06. The van der Waals surface area contributed by atoms with Crippen LogP contribution < -0.4 is 0 Å². The second-order valence-corrected chi connectivity index (χ2v) is 8.24. The van der Waals surface area contributed by atoms with Crippen molar-refractivity contribution >= 4 is 24.3 Å². The highest BCUT2D eigenvalue weighted by molar-refractivity contribution is 7.53. The van der Waals surface area contributed by atoms with Crippen molar-refractivity contribution in [3.05, 3.63) is 48.0 Å². The zero-order valence-electron chi connectivity index (χ0n) is 16.2. The van der Waals surface area contributed by atoms with Crippen molar-refractivity contribution in [2.75, 3.05) is 25.9 Å². The van der Waals surface area contributed by atoms with Gasteiger partial charge in [0, 0.05) is 13.5 Å². The van der Waals surface area contributed by atoms with E-state index in [0.29, 0.717) is 26.2 Å². The molecule has 7 heteroatoms. The number of benzene rings is 2. The number of rotatable bonds is 11. The molecule has 0 unspecified atom stereocenters. The molecule has 0 N–H and O–H groups in total. The maximum Gasteiger partial charge on any atom is 0.330 e. The van der Waals surface area contributed by atoms with Crippen molar-refractivity contribution < 1.29 is 23.2 Å². The third-order valence-electron chi connectivity index (χ3n) is 4.05. The maximum atomic E-state index is 12.5. The SMILES string of the molecule is CCOP(=O)(CCCN(OCc1cccc2ccccc12)C(C)=O)OCC. The van der Waals surface area contributed by atoms with Crippen molar-refractivity contribution in [3.8, 4) is 0 Å². The zero-order valence-corrected chi connectivity index (χ0v) is 17.1. The molecule has 0 saturated heterocycles. The van der Waals surface area contributed by atoms with E-state index in [0.717, 1.165) is 16.3 Å². The Kier molecular flexibility index (Phi) is 8.45. The van der Waals surface area contributed by atoms with Crippen LogP contribution in [-0.2, 0) is 29.9 Å². The number of hydroxylamine groups is 2. The van der Waals surface area contributed by atoms with Crippen molar-refractivity contribution in [2.24, 2.45) is 0 Å². The smallest absolute Gasteiger partial charge is 0.309 e. The van der Waals surface area contributed by atoms with E-state index in [-0.39, 0.29) is 18.7 Å². The van der Waals surface area contributed by atoms with Crippen LogP contribution in [0.15, 0.2) is 42.5 Å². The first kappa shape index (κ1) is 21.6. The third kappa shape index (κ3) is 6.43. The monoisotopic (exact) mass is 393 g/mol. The number of carbonyl (C=O) groups excluding carboxylic acids is 1. The van der Waals surface area contributed by atoms with Crippen molar-refractivity contribution in [3.63, 3.8) is 0 Å². The Bertz CT molecular complexity index is 780. The van der Waals surface area contributed by atoms with Crippen LogP contribution in [0.4, 0.5) is 0 Å². The average molecular weight is 393 g/mol. The van der Waals surface area contributed by atoms with Crippen LogP contribution in [0.3, 0.4) is 0 Å². The summed E-state index contributed by atoms with van der Waals surface area (Å²) < 4.78 is 23.1. The van der Waals surface area contributed by atoms with E-state index in [2.05, 4.69) is 0 Å². The van der Waals surface area contributed by atoms with Crippen LogP contribution in [0.2, 0.25) is 0 Å². The molecule has 0 atom stereocenters.